The van der Waals surface area contributed by atoms with E-state index >= 15 is 0 Å². The monoisotopic (exact) mass is 548 g/mol. The molecule has 35 heavy (non-hydrogen) atoms. The molecule has 0 atom stereocenters. The summed E-state index contributed by atoms with van der Waals surface area (Å²) in [4.78, 5) is 44.5. The normalized spacial score (nSPS) is 13.0. The van der Waals surface area contributed by atoms with Crippen LogP contribution < -0.4 is 9.75 Å². The number of nitrogens with zero attached hydrogens (tertiary/aromatic N) is 4. The van der Waals surface area contributed by atoms with Gasteiger partial charge in [0.15, 0.2) is 0 Å². The number of ether oxygens (including phenoxy) is 1. The van der Waals surface area contributed by atoms with Gasteiger partial charge in [-0.05, 0) is 48.0 Å². The van der Waals surface area contributed by atoms with Crippen molar-refractivity contribution < 1.29 is 19.1 Å². The Balaban J connectivity index is 1.48. The summed E-state index contributed by atoms with van der Waals surface area (Å²) >= 11 is 4.64. The summed E-state index contributed by atoms with van der Waals surface area (Å²) < 4.78 is 6.99. The molecule has 0 saturated heterocycles. The predicted octanol–water partition coefficient (Wildman–Crippen LogP) is 4.73. The molecule has 1 aliphatic heterocycles. The molecule has 10 heteroatoms. The minimum Gasteiger partial charge on any atom is -0.497 e. The van der Waals surface area contributed by atoms with Gasteiger partial charge in [0, 0.05) is 4.47 Å². The molecule has 5 rings (SSSR count). The topological polar surface area (TPSA) is 92.2 Å². The van der Waals surface area contributed by atoms with Crippen LogP contribution in [-0.4, -0.2) is 47.5 Å². The van der Waals surface area contributed by atoms with Gasteiger partial charge in [0.25, 0.3) is 17.7 Å². The van der Waals surface area contributed by atoms with Crippen molar-refractivity contribution in [1.82, 2.24) is 9.88 Å². The number of hydrogen-bond donors (Lipinski definition) is 0. The number of imide groups is 1. The molecule has 0 fully saturated rings. The highest BCUT2D eigenvalue weighted by Gasteiger charge is 2.37. The highest BCUT2D eigenvalue weighted by atomic mass is 79.9. The fraction of sp³-hybridized carbons (Fsp3) is 0.0800. The second-order valence-electron chi connectivity index (χ2n) is 7.57. The largest absolute Gasteiger partial charge is 0.497 e. The lowest BCUT2D eigenvalue weighted by atomic mass is 10.1. The van der Waals surface area contributed by atoms with Crippen LogP contribution >= 0.6 is 27.3 Å². The maximum Gasteiger partial charge on any atom is 0.269 e. The van der Waals surface area contributed by atoms with Crippen LogP contribution in [0.1, 0.15) is 26.3 Å². The average Bonchev–Trinajstić information content (AvgIpc) is 3.39. The smallest absolute Gasteiger partial charge is 0.269 e. The van der Waals surface area contributed by atoms with Gasteiger partial charge in [-0.1, -0.05) is 51.5 Å². The maximum atomic E-state index is 13.4. The van der Waals surface area contributed by atoms with E-state index in [4.69, 9.17) is 4.74 Å². The second-order valence-corrected chi connectivity index (χ2v) is 9.50. The van der Waals surface area contributed by atoms with Crippen LogP contribution in [0.3, 0.4) is 0 Å². The Kier molecular flexibility index (Phi) is 6.14. The van der Waals surface area contributed by atoms with Gasteiger partial charge in [0.1, 0.15) is 12.3 Å². The average molecular weight is 549 g/mol. The molecule has 0 aliphatic carbocycles. The summed E-state index contributed by atoms with van der Waals surface area (Å²) in [6.45, 7) is -0.469. The number of hydrazone groups is 1. The molecule has 0 N–H and O–H groups in total. The Bertz CT molecular complexity index is 1460. The lowest BCUT2D eigenvalue weighted by Gasteiger charge is -2.18. The van der Waals surface area contributed by atoms with Gasteiger partial charge in [-0.15, -0.1) is 0 Å². The van der Waals surface area contributed by atoms with Crippen molar-refractivity contribution in [3.05, 3.63) is 87.9 Å². The zero-order valence-corrected chi connectivity index (χ0v) is 20.7. The summed E-state index contributed by atoms with van der Waals surface area (Å²) in [7, 11) is 1.57. The van der Waals surface area contributed by atoms with Crippen LogP contribution in [0.25, 0.3) is 10.2 Å². The van der Waals surface area contributed by atoms with E-state index in [2.05, 4.69) is 26.0 Å². The summed E-state index contributed by atoms with van der Waals surface area (Å²) in [5, 5.41) is 5.82. The highest BCUT2D eigenvalue weighted by Crippen LogP contribution is 2.32. The van der Waals surface area contributed by atoms with E-state index < -0.39 is 24.3 Å². The lowest BCUT2D eigenvalue weighted by molar-refractivity contribution is -0.118. The SMILES string of the molecule is COc1ccc2nc(N(/N=C/c3ccc(Br)cc3)C(=O)CN3C(=O)c4ccccc4C3=O)sc2c1. The van der Waals surface area contributed by atoms with Gasteiger partial charge in [-0.2, -0.15) is 10.1 Å². The molecule has 3 aromatic carbocycles. The number of methoxy groups -OCH3 is 1. The van der Waals surface area contributed by atoms with Gasteiger partial charge in [-0.25, -0.2) is 4.98 Å². The molecule has 0 radical (unpaired) electrons. The minimum atomic E-state index is -0.570. The van der Waals surface area contributed by atoms with E-state index in [1.165, 1.54) is 17.6 Å². The first-order valence-electron chi connectivity index (χ1n) is 10.5. The number of anilines is 1. The van der Waals surface area contributed by atoms with E-state index in [-0.39, 0.29) is 11.1 Å². The Morgan fingerprint density at radius 3 is 2.43 bits per heavy atom. The standard InChI is InChI=1S/C25H17BrN4O4S/c1-34-17-10-11-20-21(12-17)35-25(28-20)30(27-13-15-6-8-16(26)9-7-15)22(31)14-29-23(32)18-4-2-3-5-19(18)24(29)33/h2-13H,14H2,1H3/b27-13+. The van der Waals surface area contributed by atoms with Crippen LogP contribution in [0.5, 0.6) is 5.75 Å². The van der Waals surface area contributed by atoms with Crippen molar-refractivity contribution in [2.75, 3.05) is 18.7 Å². The molecule has 1 aromatic heterocycles. The number of rotatable bonds is 6. The number of carbonyl (C=O) groups excluding carboxylic acids is 3. The lowest BCUT2D eigenvalue weighted by Crippen LogP contribution is -2.41. The molecule has 3 amide bonds. The first-order valence-corrected chi connectivity index (χ1v) is 12.1. The van der Waals surface area contributed by atoms with Crippen molar-refractivity contribution in [1.29, 1.82) is 0 Å². The third-order valence-corrected chi connectivity index (χ3v) is 6.89. The number of fused-ring (bicyclic) bond motifs is 2. The molecule has 0 saturated carbocycles. The summed E-state index contributed by atoms with van der Waals surface area (Å²) in [6, 6.07) is 19.3. The molecule has 1 aliphatic rings. The van der Waals surface area contributed by atoms with Crippen molar-refractivity contribution in [2.24, 2.45) is 5.10 Å². The summed E-state index contributed by atoms with van der Waals surface area (Å²) in [6.07, 6.45) is 1.53. The van der Waals surface area contributed by atoms with Crippen LogP contribution in [0.2, 0.25) is 0 Å². The van der Waals surface area contributed by atoms with Crippen molar-refractivity contribution >= 4 is 66.6 Å². The number of amides is 3. The number of aromatic nitrogens is 1. The minimum absolute atomic E-state index is 0.280. The number of thiazole rings is 1. The molecule has 4 aromatic rings. The van der Waals surface area contributed by atoms with Gasteiger partial charge in [-0.3, -0.25) is 19.3 Å². The van der Waals surface area contributed by atoms with Gasteiger partial charge in [0.05, 0.1) is 34.7 Å². The van der Waals surface area contributed by atoms with E-state index in [1.54, 1.807) is 43.5 Å². The molecular weight excluding hydrogens is 532 g/mol. The molecule has 0 bridgehead atoms. The summed E-state index contributed by atoms with van der Waals surface area (Å²) in [5.41, 5.74) is 1.99. The number of halogens is 1. The molecule has 2 heterocycles. The van der Waals surface area contributed by atoms with Gasteiger partial charge < -0.3 is 4.74 Å². The first-order chi connectivity index (χ1) is 16.9. The fourth-order valence-corrected chi connectivity index (χ4v) is 4.82. The Morgan fingerprint density at radius 1 is 1.09 bits per heavy atom. The van der Waals surface area contributed by atoms with Gasteiger partial charge in [0.2, 0.25) is 5.13 Å². The van der Waals surface area contributed by atoms with Gasteiger partial charge >= 0.3 is 0 Å². The van der Waals surface area contributed by atoms with Crippen LogP contribution in [0, 0.1) is 0 Å². The molecule has 8 nitrogen and oxygen atoms in total. The predicted molar refractivity (Wildman–Crippen MR) is 137 cm³/mol. The Labute approximate surface area is 212 Å². The number of carbonyl (C=O) groups is 3. The zero-order chi connectivity index (χ0) is 24.5. The zero-order valence-electron chi connectivity index (χ0n) is 18.3. The number of hydrogen-bond acceptors (Lipinski definition) is 7. The van der Waals surface area contributed by atoms with Crippen molar-refractivity contribution in [2.45, 2.75) is 0 Å². The third kappa shape index (κ3) is 4.45. The van der Waals surface area contributed by atoms with E-state index in [0.717, 1.165) is 24.6 Å². The molecule has 174 valence electrons. The molecular formula is C25H17BrN4O4S. The Morgan fingerprint density at radius 2 is 1.77 bits per heavy atom. The second kappa shape index (κ2) is 9.40. The van der Waals surface area contributed by atoms with E-state index in [1.807, 2.05) is 30.3 Å². The van der Waals surface area contributed by atoms with Crippen LogP contribution in [0.4, 0.5) is 5.13 Å². The quantitative estimate of drug-likeness (QED) is 0.197. The molecule has 0 unspecified atom stereocenters. The van der Waals surface area contributed by atoms with Crippen LogP contribution in [0.15, 0.2) is 76.3 Å². The van der Waals surface area contributed by atoms with Crippen molar-refractivity contribution in [3.63, 3.8) is 0 Å². The van der Waals surface area contributed by atoms with E-state index in [0.29, 0.717) is 16.4 Å². The highest BCUT2D eigenvalue weighted by molar-refractivity contribution is 9.10. The first kappa shape index (κ1) is 22.9. The summed E-state index contributed by atoms with van der Waals surface area (Å²) in [5.74, 6) is -0.927. The number of benzene rings is 3. The van der Waals surface area contributed by atoms with Crippen LogP contribution in [-0.2, 0) is 4.79 Å². The fourth-order valence-electron chi connectivity index (χ4n) is 3.59. The van der Waals surface area contributed by atoms with E-state index in [9.17, 15) is 14.4 Å². The maximum absolute atomic E-state index is 13.4. The van der Waals surface area contributed by atoms with Crippen molar-refractivity contribution in [3.8, 4) is 5.75 Å². The third-order valence-electron chi connectivity index (χ3n) is 5.37. The Hall–Kier alpha value is -3.89. The molecule has 0 spiro atoms.